The molecule has 2 heterocycles. The zero-order chi connectivity index (χ0) is 17.3. The Hall–Kier alpha value is -1.76. The van der Waals surface area contributed by atoms with Crippen LogP contribution in [0.2, 0.25) is 0 Å². The smallest absolute Gasteiger partial charge is 0.359 e. The van der Waals surface area contributed by atoms with Crippen LogP contribution in [-0.4, -0.2) is 35.8 Å². The highest BCUT2D eigenvalue weighted by molar-refractivity contribution is 7.56. The first-order valence-electron chi connectivity index (χ1n) is 7.13. The number of fused-ring (bicyclic) bond motifs is 1. The van der Waals surface area contributed by atoms with E-state index in [0.717, 1.165) is 4.57 Å². The van der Waals surface area contributed by atoms with Gasteiger partial charge in [0.05, 0.1) is 20.3 Å². The van der Waals surface area contributed by atoms with Gasteiger partial charge in [0.25, 0.3) is 5.56 Å². The van der Waals surface area contributed by atoms with E-state index >= 15 is 0 Å². The number of hydrogen-bond acceptors (Lipinski definition) is 7. The minimum atomic E-state index is -4.04. The van der Waals surface area contributed by atoms with Crippen molar-refractivity contribution in [3.63, 3.8) is 0 Å². The van der Waals surface area contributed by atoms with E-state index in [9.17, 15) is 14.2 Å². The maximum atomic E-state index is 13.5. The molecule has 1 aliphatic heterocycles. The second kappa shape index (κ2) is 6.39. The predicted octanol–water partition coefficient (Wildman–Crippen LogP) is 1.75. The lowest BCUT2D eigenvalue weighted by Crippen LogP contribution is -2.40. The molecule has 0 saturated heterocycles. The first-order valence-corrected chi connectivity index (χ1v) is 8.67. The summed E-state index contributed by atoms with van der Waals surface area (Å²) in [7, 11) is -2.87. The molecule has 0 N–H and O–H groups in total. The summed E-state index contributed by atoms with van der Waals surface area (Å²) in [6.45, 7) is 4.95. The highest BCUT2D eigenvalue weighted by Gasteiger charge is 2.65. The second-order valence-electron chi connectivity index (χ2n) is 4.82. The van der Waals surface area contributed by atoms with Crippen molar-refractivity contribution in [1.82, 2.24) is 9.55 Å². The Labute approximate surface area is 133 Å². The molecule has 8 nitrogen and oxygen atoms in total. The van der Waals surface area contributed by atoms with Crippen molar-refractivity contribution in [1.29, 1.82) is 0 Å². The molecule has 1 atom stereocenters. The molecule has 0 bridgehead atoms. The fraction of sp³-hybridized carbons (Fsp3) is 0.500. The van der Waals surface area contributed by atoms with Crippen molar-refractivity contribution in [3.05, 3.63) is 34.0 Å². The fourth-order valence-corrected chi connectivity index (χ4v) is 5.05. The Morgan fingerprint density at radius 2 is 1.96 bits per heavy atom. The van der Waals surface area contributed by atoms with Gasteiger partial charge in [-0.2, -0.15) is 0 Å². The molecule has 0 radical (unpaired) electrons. The average molecular weight is 342 g/mol. The minimum absolute atomic E-state index is 0.0282. The zero-order valence-electron chi connectivity index (χ0n) is 13.4. The Balaban J connectivity index is 2.86. The second-order valence-corrected chi connectivity index (χ2v) is 7.01. The number of ether oxygens (including phenoxy) is 1. The number of aromatic nitrogens is 2. The molecule has 0 amide bonds. The highest BCUT2D eigenvalue weighted by atomic mass is 31.2. The van der Waals surface area contributed by atoms with Crippen LogP contribution in [0.3, 0.4) is 0 Å². The standard InChI is InChI=1S/C14H19N2O6P/c1-5-21-23(19,22-6-2)14(13(18)20-4)10(3)9-16-11(17)7-8-15-12(14)16/h7-9H,5-6H2,1-4H3. The number of carbonyl (C=O) groups excluding carboxylic acids is 1. The van der Waals surface area contributed by atoms with Gasteiger partial charge in [0.1, 0.15) is 5.82 Å². The molecule has 0 aromatic carbocycles. The van der Waals surface area contributed by atoms with Gasteiger partial charge in [-0.1, -0.05) is 0 Å². The molecule has 0 saturated carbocycles. The van der Waals surface area contributed by atoms with E-state index in [1.165, 1.54) is 25.6 Å². The number of carbonyl (C=O) groups is 1. The maximum Gasteiger partial charge on any atom is 0.359 e. The Bertz CT molecular complexity index is 746. The van der Waals surface area contributed by atoms with E-state index in [4.69, 9.17) is 13.8 Å². The normalized spacial score (nSPS) is 20.1. The van der Waals surface area contributed by atoms with Crippen LogP contribution in [0, 0.1) is 0 Å². The lowest BCUT2D eigenvalue weighted by molar-refractivity contribution is -0.143. The van der Waals surface area contributed by atoms with E-state index in [0.29, 0.717) is 5.57 Å². The molecule has 0 aliphatic carbocycles. The largest absolute Gasteiger partial charge is 0.468 e. The van der Waals surface area contributed by atoms with Crippen molar-refractivity contribution in [2.45, 2.75) is 25.9 Å². The molecule has 0 fully saturated rings. The van der Waals surface area contributed by atoms with E-state index < -0.39 is 24.3 Å². The number of esters is 1. The molecular weight excluding hydrogens is 323 g/mol. The predicted molar refractivity (Wildman–Crippen MR) is 83.0 cm³/mol. The fourth-order valence-electron chi connectivity index (χ4n) is 2.70. The summed E-state index contributed by atoms with van der Waals surface area (Å²) in [6.07, 6.45) is 2.66. The third-order valence-electron chi connectivity index (χ3n) is 3.59. The van der Waals surface area contributed by atoms with Crippen LogP contribution in [0.4, 0.5) is 0 Å². The SMILES string of the molecule is CCOP(=O)(OCC)C1(C(=O)OC)C(C)=Cn2c1nccc2=O. The number of methoxy groups -OCH3 is 1. The van der Waals surface area contributed by atoms with E-state index in [1.807, 2.05) is 0 Å². The Kier molecular flexibility index (Phi) is 4.89. The van der Waals surface area contributed by atoms with Gasteiger partial charge in [0, 0.05) is 18.5 Å². The zero-order valence-corrected chi connectivity index (χ0v) is 14.3. The van der Waals surface area contributed by atoms with Crippen molar-refractivity contribution < 1.29 is 23.1 Å². The van der Waals surface area contributed by atoms with Gasteiger partial charge >= 0.3 is 13.6 Å². The first-order chi connectivity index (χ1) is 10.9. The molecule has 23 heavy (non-hydrogen) atoms. The monoisotopic (exact) mass is 342 g/mol. The molecule has 1 aliphatic rings. The van der Waals surface area contributed by atoms with Crippen molar-refractivity contribution in [2.75, 3.05) is 20.3 Å². The van der Waals surface area contributed by atoms with E-state index in [1.54, 1.807) is 20.8 Å². The molecule has 1 aromatic heterocycles. The van der Waals surface area contributed by atoms with Crippen LogP contribution in [0.5, 0.6) is 0 Å². The van der Waals surface area contributed by atoms with Crippen LogP contribution < -0.4 is 5.56 Å². The van der Waals surface area contributed by atoms with Crippen LogP contribution in [0.15, 0.2) is 22.6 Å². The highest BCUT2D eigenvalue weighted by Crippen LogP contribution is 2.69. The Morgan fingerprint density at radius 1 is 1.35 bits per heavy atom. The Morgan fingerprint density at radius 3 is 2.48 bits per heavy atom. The van der Waals surface area contributed by atoms with Gasteiger partial charge in [-0.3, -0.25) is 13.9 Å². The number of rotatable bonds is 6. The minimum Gasteiger partial charge on any atom is -0.468 e. The molecular formula is C14H19N2O6P. The summed E-state index contributed by atoms with van der Waals surface area (Å²) in [6, 6.07) is 1.24. The van der Waals surface area contributed by atoms with Crippen molar-refractivity contribution in [2.24, 2.45) is 0 Å². The third-order valence-corrected chi connectivity index (χ3v) is 6.34. The third kappa shape index (κ3) is 2.38. The van der Waals surface area contributed by atoms with Gasteiger partial charge in [0.2, 0.25) is 5.16 Å². The maximum absolute atomic E-state index is 13.5. The topological polar surface area (TPSA) is 96.7 Å². The molecule has 126 valence electrons. The van der Waals surface area contributed by atoms with Crippen LogP contribution in [0.1, 0.15) is 26.6 Å². The van der Waals surface area contributed by atoms with Crippen LogP contribution >= 0.6 is 7.60 Å². The lowest BCUT2D eigenvalue weighted by atomic mass is 10.0. The summed E-state index contributed by atoms with van der Waals surface area (Å²) >= 11 is 0. The summed E-state index contributed by atoms with van der Waals surface area (Å²) in [5.74, 6) is -0.875. The van der Waals surface area contributed by atoms with Crippen molar-refractivity contribution in [3.8, 4) is 0 Å². The average Bonchev–Trinajstić information content (AvgIpc) is 2.82. The summed E-state index contributed by atoms with van der Waals surface area (Å²) in [5.41, 5.74) is -0.0925. The van der Waals surface area contributed by atoms with Gasteiger partial charge in [-0.15, -0.1) is 0 Å². The summed E-state index contributed by atoms with van der Waals surface area (Å²) in [5, 5.41) is -1.89. The van der Waals surface area contributed by atoms with Gasteiger partial charge in [-0.05, 0) is 26.3 Å². The number of nitrogens with zero attached hydrogens (tertiary/aromatic N) is 2. The lowest BCUT2D eigenvalue weighted by Gasteiger charge is -2.33. The molecule has 2 rings (SSSR count). The van der Waals surface area contributed by atoms with Crippen LogP contribution in [-0.2, 0) is 28.3 Å². The van der Waals surface area contributed by atoms with Crippen molar-refractivity contribution >= 4 is 19.8 Å². The summed E-state index contributed by atoms with van der Waals surface area (Å²) < 4.78 is 30.3. The van der Waals surface area contributed by atoms with E-state index in [2.05, 4.69) is 4.98 Å². The molecule has 1 aromatic rings. The van der Waals surface area contributed by atoms with Gasteiger partial charge in [-0.25, -0.2) is 9.78 Å². The molecule has 1 unspecified atom stereocenters. The van der Waals surface area contributed by atoms with Gasteiger partial charge in [0.15, 0.2) is 0 Å². The van der Waals surface area contributed by atoms with Crippen LogP contribution in [0.25, 0.3) is 6.20 Å². The quantitative estimate of drug-likeness (QED) is 0.574. The van der Waals surface area contributed by atoms with E-state index in [-0.39, 0.29) is 19.0 Å². The molecule has 9 heteroatoms. The molecule has 0 spiro atoms. The van der Waals surface area contributed by atoms with Gasteiger partial charge < -0.3 is 13.8 Å². The summed E-state index contributed by atoms with van der Waals surface area (Å²) in [4.78, 5) is 28.8. The number of hydrogen-bond donors (Lipinski definition) is 0. The first kappa shape index (κ1) is 17.6.